The molecule has 0 N–H and O–H groups in total. The fourth-order valence-electron chi connectivity index (χ4n) is 11.6. The predicted octanol–water partition coefficient (Wildman–Crippen LogP) is 16.6. The van der Waals surface area contributed by atoms with Crippen LogP contribution >= 0.6 is 0 Å². The van der Waals surface area contributed by atoms with E-state index in [1.807, 2.05) is 6.07 Å². The van der Waals surface area contributed by atoms with Crippen molar-refractivity contribution in [3.05, 3.63) is 276 Å². The van der Waals surface area contributed by atoms with Gasteiger partial charge >= 0.3 is 0 Å². The molecule has 0 atom stereocenters. The topological polar surface area (TPSA) is 25.8 Å². The van der Waals surface area contributed by atoms with Crippen LogP contribution in [0.4, 0.5) is 0 Å². The Morgan fingerprint density at radius 2 is 0.750 bits per heavy atom. The summed E-state index contributed by atoms with van der Waals surface area (Å²) in [4.78, 5) is 10.8. The van der Waals surface area contributed by atoms with Crippen LogP contribution in [0.5, 0.6) is 0 Å². The van der Waals surface area contributed by atoms with Gasteiger partial charge in [0, 0.05) is 22.1 Å². The Kier molecular flexibility index (Phi) is 9.13. The summed E-state index contributed by atoms with van der Waals surface area (Å²) in [6.45, 7) is 4.70. The molecule has 1 aromatic heterocycles. The van der Waals surface area contributed by atoms with E-state index in [0.29, 0.717) is 5.82 Å². The first-order valence-electron chi connectivity index (χ1n) is 23.6. The average molecular weight is 867 g/mol. The summed E-state index contributed by atoms with van der Waals surface area (Å²) < 4.78 is 0. The lowest BCUT2D eigenvalue weighted by molar-refractivity contribution is 0.660. The molecule has 0 saturated carbocycles. The third-order valence-electron chi connectivity index (χ3n) is 14.8. The largest absolute Gasteiger partial charge is 0.228 e. The van der Waals surface area contributed by atoms with E-state index in [9.17, 15) is 0 Å². The number of fused-ring (bicyclic) bond motifs is 7. The second-order valence-corrected chi connectivity index (χ2v) is 18.8. The highest BCUT2D eigenvalue weighted by Crippen LogP contribution is 2.57. The Bertz CT molecular complexity index is 3720. The zero-order valence-corrected chi connectivity index (χ0v) is 38.0. The fourth-order valence-corrected chi connectivity index (χ4v) is 11.6. The molecule has 0 bridgehead atoms. The third kappa shape index (κ3) is 6.11. The van der Waals surface area contributed by atoms with E-state index in [1.54, 1.807) is 0 Å². The van der Waals surface area contributed by atoms with Gasteiger partial charge in [-0.15, -0.1) is 0 Å². The number of rotatable bonds is 7. The molecular formula is C66H46N2. The van der Waals surface area contributed by atoms with Gasteiger partial charge in [-0.1, -0.05) is 232 Å². The van der Waals surface area contributed by atoms with Gasteiger partial charge in [-0.3, -0.25) is 0 Å². The summed E-state index contributed by atoms with van der Waals surface area (Å²) in [5.74, 6) is 0.695. The standard InChI is InChI=1S/C66H46N2/c1-65(2)58-31-16-14-29-53(58)55-35-33-45(40-60(55)65)44-21-18-22-46(39-44)50-37-38-57(52-28-13-12-27-51(50)52)63-42-62(67-64(68-63)43-19-6-3-7-20-43)47-34-36-56-54-30-15-17-32-59(54)66(61(56)41-47,48-23-8-4-9-24-48)49-25-10-5-11-26-49/h3-42H,1-2H3. The molecule has 0 fully saturated rings. The first-order valence-corrected chi connectivity index (χ1v) is 23.6. The Labute approximate surface area is 398 Å². The summed E-state index contributed by atoms with van der Waals surface area (Å²) in [6, 6.07) is 88.6. The molecule has 68 heavy (non-hydrogen) atoms. The minimum absolute atomic E-state index is 0.0614. The quantitative estimate of drug-likeness (QED) is 0.159. The first kappa shape index (κ1) is 39.9. The number of hydrogen-bond donors (Lipinski definition) is 0. The van der Waals surface area contributed by atoms with Gasteiger partial charge in [0.2, 0.25) is 0 Å². The summed E-state index contributed by atoms with van der Waals surface area (Å²) in [5.41, 5.74) is 22.1. The molecule has 0 amide bonds. The number of aromatic nitrogens is 2. The number of hydrogen-bond acceptors (Lipinski definition) is 2. The highest BCUT2D eigenvalue weighted by molar-refractivity contribution is 6.05. The number of benzene rings is 10. The first-order chi connectivity index (χ1) is 33.5. The minimum Gasteiger partial charge on any atom is -0.228 e. The second-order valence-electron chi connectivity index (χ2n) is 18.8. The SMILES string of the molecule is CC1(C)c2ccccc2-c2ccc(-c3cccc(-c4ccc(-c5cc(-c6ccc7c(c6)C(c6ccccc6)(c6ccccc6)c6ccccc6-7)nc(-c6ccccc6)n5)c5ccccc45)c3)cc21. The van der Waals surface area contributed by atoms with E-state index < -0.39 is 5.41 Å². The van der Waals surface area contributed by atoms with Crippen LogP contribution in [0.1, 0.15) is 47.2 Å². The molecule has 1 heterocycles. The summed E-state index contributed by atoms with van der Waals surface area (Å²) >= 11 is 0. The molecule has 320 valence electrons. The third-order valence-corrected chi connectivity index (χ3v) is 14.8. The van der Waals surface area contributed by atoms with Crippen molar-refractivity contribution in [2.75, 3.05) is 0 Å². The van der Waals surface area contributed by atoms with Crippen molar-refractivity contribution in [3.8, 4) is 78.4 Å². The molecule has 0 spiro atoms. The van der Waals surface area contributed by atoms with E-state index >= 15 is 0 Å². The second kappa shape index (κ2) is 15.6. The molecule has 0 aliphatic heterocycles. The van der Waals surface area contributed by atoms with Gasteiger partial charge in [-0.25, -0.2) is 9.97 Å². The Morgan fingerprint density at radius 3 is 1.47 bits per heavy atom. The maximum absolute atomic E-state index is 5.38. The fraction of sp³-hybridized carbons (Fsp3) is 0.0606. The van der Waals surface area contributed by atoms with E-state index in [2.05, 4.69) is 250 Å². The normalized spacial score (nSPS) is 13.7. The zero-order chi connectivity index (χ0) is 45.4. The lowest BCUT2D eigenvalue weighted by Crippen LogP contribution is -2.28. The van der Waals surface area contributed by atoms with Gasteiger partial charge in [0.15, 0.2) is 5.82 Å². The van der Waals surface area contributed by atoms with Crippen molar-refractivity contribution in [2.24, 2.45) is 0 Å². The van der Waals surface area contributed by atoms with E-state index in [0.717, 1.165) is 33.5 Å². The molecule has 0 unspecified atom stereocenters. The van der Waals surface area contributed by atoms with Crippen LogP contribution in [-0.2, 0) is 10.8 Å². The van der Waals surface area contributed by atoms with E-state index in [-0.39, 0.29) is 5.41 Å². The molecular weight excluding hydrogens is 821 g/mol. The smallest absolute Gasteiger partial charge is 0.160 e. The van der Waals surface area contributed by atoms with E-state index in [4.69, 9.17) is 9.97 Å². The van der Waals surface area contributed by atoms with Crippen molar-refractivity contribution in [2.45, 2.75) is 24.7 Å². The van der Waals surface area contributed by atoms with Crippen molar-refractivity contribution in [3.63, 3.8) is 0 Å². The van der Waals surface area contributed by atoms with Crippen LogP contribution in [0.3, 0.4) is 0 Å². The van der Waals surface area contributed by atoms with Crippen molar-refractivity contribution in [1.29, 1.82) is 0 Å². The Hall–Kier alpha value is -8.46. The number of nitrogens with zero attached hydrogens (tertiary/aromatic N) is 2. The van der Waals surface area contributed by atoms with Gasteiger partial charge in [0.25, 0.3) is 0 Å². The lowest BCUT2D eigenvalue weighted by atomic mass is 9.67. The maximum atomic E-state index is 5.38. The highest BCUT2D eigenvalue weighted by atomic mass is 14.9. The van der Waals surface area contributed by atoms with Gasteiger partial charge in [-0.05, 0) is 113 Å². The van der Waals surface area contributed by atoms with Gasteiger partial charge in [0.1, 0.15) is 0 Å². The molecule has 2 aliphatic carbocycles. The highest BCUT2D eigenvalue weighted by Gasteiger charge is 2.46. The summed E-state index contributed by atoms with van der Waals surface area (Å²) in [6.07, 6.45) is 0. The maximum Gasteiger partial charge on any atom is 0.160 e. The summed E-state index contributed by atoms with van der Waals surface area (Å²) in [7, 11) is 0. The van der Waals surface area contributed by atoms with Crippen molar-refractivity contribution < 1.29 is 0 Å². The Morgan fingerprint density at radius 1 is 0.279 bits per heavy atom. The summed E-state index contributed by atoms with van der Waals surface area (Å²) in [5, 5.41) is 2.33. The van der Waals surface area contributed by atoms with Crippen molar-refractivity contribution in [1.82, 2.24) is 9.97 Å². The predicted molar refractivity (Wildman–Crippen MR) is 282 cm³/mol. The molecule has 0 saturated heterocycles. The molecule has 2 heteroatoms. The molecule has 0 radical (unpaired) electrons. The minimum atomic E-state index is -0.519. The van der Waals surface area contributed by atoms with Gasteiger partial charge < -0.3 is 0 Å². The zero-order valence-electron chi connectivity index (χ0n) is 38.0. The van der Waals surface area contributed by atoms with Gasteiger partial charge in [-0.2, -0.15) is 0 Å². The molecule has 10 aromatic carbocycles. The van der Waals surface area contributed by atoms with Crippen LogP contribution in [0.2, 0.25) is 0 Å². The lowest BCUT2D eigenvalue weighted by Gasteiger charge is -2.34. The average Bonchev–Trinajstić information content (AvgIpc) is 3.83. The van der Waals surface area contributed by atoms with Gasteiger partial charge in [0.05, 0.1) is 16.8 Å². The van der Waals surface area contributed by atoms with E-state index in [1.165, 1.54) is 83.3 Å². The van der Waals surface area contributed by atoms with Crippen molar-refractivity contribution >= 4 is 10.8 Å². The van der Waals surface area contributed by atoms with Crippen LogP contribution in [0, 0.1) is 0 Å². The van der Waals surface area contributed by atoms with Crippen LogP contribution in [0.25, 0.3) is 89.2 Å². The Balaban J connectivity index is 0.954. The van der Waals surface area contributed by atoms with Crippen LogP contribution < -0.4 is 0 Å². The molecule has 13 rings (SSSR count). The monoisotopic (exact) mass is 866 g/mol. The van der Waals surface area contributed by atoms with Crippen LogP contribution in [-0.4, -0.2) is 9.97 Å². The molecule has 2 aliphatic rings. The molecule has 11 aromatic rings. The molecule has 2 nitrogen and oxygen atoms in total. The van der Waals surface area contributed by atoms with Crippen LogP contribution in [0.15, 0.2) is 243 Å².